The third kappa shape index (κ3) is 1.35. The molecule has 72 valence electrons. The molecule has 1 heteroatoms. The molecule has 0 bridgehead atoms. The molecule has 0 atom stereocenters. The Morgan fingerprint density at radius 1 is 1.07 bits per heavy atom. The number of aryl methyl sites for hydroxylation is 1. The molecule has 0 spiro atoms. The van der Waals surface area contributed by atoms with Crippen molar-refractivity contribution >= 4 is 0 Å². The van der Waals surface area contributed by atoms with E-state index in [0.717, 1.165) is 12.2 Å². The Balaban J connectivity index is 2.70. The third-order valence-electron chi connectivity index (χ3n) is 2.56. The fourth-order valence-corrected chi connectivity index (χ4v) is 1.83. The summed E-state index contributed by atoms with van der Waals surface area (Å²) < 4.78 is 5.39. The molecule has 0 saturated heterocycles. The van der Waals surface area contributed by atoms with Crippen molar-refractivity contribution in [1.29, 1.82) is 0 Å². The van der Waals surface area contributed by atoms with Gasteiger partial charge in [0.05, 0.1) is 7.11 Å². The molecule has 0 heterocycles. The number of methoxy groups -OCH3 is 1. The van der Waals surface area contributed by atoms with Gasteiger partial charge in [-0.1, -0.05) is 37.3 Å². The minimum atomic E-state index is 0.965. The van der Waals surface area contributed by atoms with Crippen LogP contribution in [0.2, 0.25) is 0 Å². The first kappa shape index (κ1) is 9.07. The number of rotatable bonds is 2. The Labute approximate surface area is 84.7 Å². The number of fused-ring (bicyclic) bond motifs is 1. The number of ether oxygens (including phenoxy) is 1. The molecule has 0 amide bonds. The summed E-state index contributed by atoms with van der Waals surface area (Å²) in [4.78, 5) is 0. The van der Waals surface area contributed by atoms with Crippen LogP contribution in [-0.2, 0) is 6.42 Å². The van der Waals surface area contributed by atoms with Gasteiger partial charge >= 0.3 is 0 Å². The second-order valence-corrected chi connectivity index (χ2v) is 3.33. The summed E-state index contributed by atoms with van der Waals surface area (Å²) in [7, 11) is 1.72. The predicted molar refractivity (Wildman–Crippen MR) is 59.0 cm³/mol. The lowest BCUT2D eigenvalue weighted by atomic mass is 10.1. The van der Waals surface area contributed by atoms with Gasteiger partial charge < -0.3 is 4.74 Å². The van der Waals surface area contributed by atoms with Crippen molar-refractivity contribution in [2.45, 2.75) is 13.3 Å². The lowest BCUT2D eigenvalue weighted by Crippen LogP contribution is -1.86. The third-order valence-corrected chi connectivity index (χ3v) is 2.56. The molecular weight excluding hydrogens is 172 g/mol. The molecule has 2 aliphatic carbocycles. The summed E-state index contributed by atoms with van der Waals surface area (Å²) in [6.07, 6.45) is 1.05. The van der Waals surface area contributed by atoms with Crippen LogP contribution in [0.1, 0.15) is 12.5 Å². The summed E-state index contributed by atoms with van der Waals surface area (Å²) in [5.74, 6) is 0.965. The Hall–Kier alpha value is -1.50. The molecule has 0 fully saturated rings. The Morgan fingerprint density at radius 3 is 2.57 bits per heavy atom. The topological polar surface area (TPSA) is 9.23 Å². The van der Waals surface area contributed by atoms with Crippen molar-refractivity contribution < 1.29 is 4.74 Å². The van der Waals surface area contributed by atoms with Gasteiger partial charge in [-0.2, -0.15) is 0 Å². The van der Waals surface area contributed by atoms with E-state index in [2.05, 4.69) is 25.1 Å². The molecule has 1 nitrogen and oxygen atoms in total. The van der Waals surface area contributed by atoms with E-state index in [9.17, 15) is 0 Å². The van der Waals surface area contributed by atoms with E-state index in [1.165, 1.54) is 16.7 Å². The average molecular weight is 186 g/mol. The summed E-state index contributed by atoms with van der Waals surface area (Å²) in [6.45, 7) is 2.17. The van der Waals surface area contributed by atoms with E-state index in [1.54, 1.807) is 7.11 Å². The molecule has 0 unspecified atom stereocenters. The van der Waals surface area contributed by atoms with E-state index >= 15 is 0 Å². The van der Waals surface area contributed by atoms with Gasteiger partial charge in [-0.25, -0.2) is 0 Å². The van der Waals surface area contributed by atoms with Crippen molar-refractivity contribution in [1.82, 2.24) is 0 Å². The van der Waals surface area contributed by atoms with Gasteiger partial charge in [0, 0.05) is 5.56 Å². The summed E-state index contributed by atoms with van der Waals surface area (Å²) in [6, 6.07) is 12.5. The zero-order valence-corrected chi connectivity index (χ0v) is 8.58. The molecular formula is C13H14O. The van der Waals surface area contributed by atoms with Gasteiger partial charge in [0.1, 0.15) is 5.75 Å². The van der Waals surface area contributed by atoms with Crippen molar-refractivity contribution in [2.75, 3.05) is 7.11 Å². The SMILES string of the molecule is CCc1ccc2ccccc(OC)c1-2. The minimum absolute atomic E-state index is 0.965. The van der Waals surface area contributed by atoms with Gasteiger partial charge in [-0.05, 0) is 23.6 Å². The second-order valence-electron chi connectivity index (χ2n) is 3.33. The van der Waals surface area contributed by atoms with Crippen LogP contribution < -0.4 is 4.74 Å². The van der Waals surface area contributed by atoms with E-state index < -0.39 is 0 Å². The minimum Gasteiger partial charge on any atom is -0.496 e. The molecule has 0 aromatic carbocycles. The van der Waals surface area contributed by atoms with Gasteiger partial charge in [0.25, 0.3) is 0 Å². The number of hydrogen-bond acceptors (Lipinski definition) is 1. The maximum Gasteiger partial charge on any atom is 0.126 e. The second kappa shape index (κ2) is 3.70. The Kier molecular flexibility index (Phi) is 2.40. The smallest absolute Gasteiger partial charge is 0.126 e. The van der Waals surface area contributed by atoms with Crippen LogP contribution >= 0.6 is 0 Å². The van der Waals surface area contributed by atoms with Crippen LogP contribution in [0.4, 0.5) is 0 Å². The average Bonchev–Trinajstić information content (AvgIpc) is 2.51. The zero-order valence-electron chi connectivity index (χ0n) is 8.58. The first-order valence-electron chi connectivity index (χ1n) is 4.91. The van der Waals surface area contributed by atoms with Crippen molar-refractivity contribution in [3.05, 3.63) is 42.0 Å². The predicted octanol–water partition coefficient (Wildman–Crippen LogP) is 3.36. The summed E-state index contributed by atoms with van der Waals surface area (Å²) in [5.41, 5.74) is 3.86. The van der Waals surface area contributed by atoms with Crippen LogP contribution in [0.3, 0.4) is 0 Å². The quantitative estimate of drug-likeness (QED) is 0.698. The van der Waals surface area contributed by atoms with Crippen LogP contribution in [0, 0.1) is 0 Å². The lowest BCUT2D eigenvalue weighted by Gasteiger charge is -2.04. The highest BCUT2D eigenvalue weighted by molar-refractivity contribution is 5.76. The van der Waals surface area contributed by atoms with Gasteiger partial charge in [-0.15, -0.1) is 0 Å². The summed E-state index contributed by atoms with van der Waals surface area (Å²) >= 11 is 0. The van der Waals surface area contributed by atoms with Gasteiger partial charge in [0.15, 0.2) is 0 Å². The normalized spacial score (nSPS) is 10.4. The van der Waals surface area contributed by atoms with E-state index in [0.29, 0.717) is 0 Å². The highest BCUT2D eigenvalue weighted by Gasteiger charge is 2.11. The number of hydrogen-bond donors (Lipinski definition) is 0. The van der Waals surface area contributed by atoms with Crippen LogP contribution in [0.25, 0.3) is 11.1 Å². The maximum absolute atomic E-state index is 5.39. The highest BCUT2D eigenvalue weighted by atomic mass is 16.5. The van der Waals surface area contributed by atoms with Crippen molar-refractivity contribution in [2.24, 2.45) is 0 Å². The van der Waals surface area contributed by atoms with Gasteiger partial charge in [0.2, 0.25) is 0 Å². The standard InChI is InChI=1S/C13H14O/c1-3-10-8-9-11-6-4-5-7-12(14-2)13(10)11/h4-9H,3H2,1-2H3. The highest BCUT2D eigenvalue weighted by Crippen LogP contribution is 2.35. The zero-order chi connectivity index (χ0) is 9.97. The first-order chi connectivity index (χ1) is 6.86. The molecule has 2 rings (SSSR count). The molecule has 0 radical (unpaired) electrons. The largest absolute Gasteiger partial charge is 0.496 e. The van der Waals surface area contributed by atoms with Crippen molar-refractivity contribution in [3.63, 3.8) is 0 Å². The molecule has 0 saturated carbocycles. The van der Waals surface area contributed by atoms with E-state index in [-0.39, 0.29) is 0 Å². The van der Waals surface area contributed by atoms with Crippen molar-refractivity contribution in [3.8, 4) is 16.9 Å². The Morgan fingerprint density at radius 2 is 1.86 bits per heavy atom. The molecule has 0 aromatic heterocycles. The summed E-state index contributed by atoms with van der Waals surface area (Å²) in [5, 5.41) is 0. The first-order valence-corrected chi connectivity index (χ1v) is 4.91. The molecule has 0 aromatic rings. The maximum atomic E-state index is 5.39. The lowest BCUT2D eigenvalue weighted by molar-refractivity contribution is 0.416. The molecule has 2 aliphatic rings. The molecule has 14 heavy (non-hydrogen) atoms. The van der Waals surface area contributed by atoms with Crippen LogP contribution in [-0.4, -0.2) is 7.11 Å². The fraction of sp³-hybridized carbons (Fsp3) is 0.231. The van der Waals surface area contributed by atoms with E-state index in [4.69, 9.17) is 4.74 Å². The van der Waals surface area contributed by atoms with Gasteiger partial charge in [-0.3, -0.25) is 0 Å². The molecule has 0 N–H and O–H groups in total. The molecule has 0 aliphatic heterocycles. The van der Waals surface area contributed by atoms with Crippen LogP contribution in [0.5, 0.6) is 5.75 Å². The fourth-order valence-electron chi connectivity index (χ4n) is 1.83. The monoisotopic (exact) mass is 186 g/mol. The van der Waals surface area contributed by atoms with E-state index in [1.807, 2.05) is 18.2 Å². The Bertz CT molecular complexity index is 406. The van der Waals surface area contributed by atoms with Crippen LogP contribution in [0.15, 0.2) is 36.4 Å².